The third-order valence-corrected chi connectivity index (χ3v) is 5.65. The zero-order valence-electron chi connectivity index (χ0n) is 13.7. The molecular weight excluding hydrogens is 355 g/mol. The second-order valence-corrected chi connectivity index (χ2v) is 7.07. The lowest BCUT2D eigenvalue weighted by Gasteiger charge is -2.15. The number of halogens is 1. The standard InChI is InChI=1S/C18H15FN4O2S/c19-11-3-1-10(2-4-11)8-23-15-6-5-12-14(9-24)17(22-18(20)25)26-16(12)13(15)7-21-23/h1-4,7,9H,5-6,8H2,(H3,20,22,25). The van der Waals surface area contributed by atoms with Crippen molar-refractivity contribution in [2.24, 2.45) is 5.73 Å². The highest BCUT2D eigenvalue weighted by atomic mass is 32.1. The van der Waals surface area contributed by atoms with Crippen molar-refractivity contribution < 1.29 is 14.0 Å². The van der Waals surface area contributed by atoms with Gasteiger partial charge in [-0.2, -0.15) is 5.10 Å². The van der Waals surface area contributed by atoms with Gasteiger partial charge in [-0.15, -0.1) is 11.3 Å². The average Bonchev–Trinajstić information content (AvgIpc) is 3.17. The molecule has 0 radical (unpaired) electrons. The third-order valence-electron chi connectivity index (χ3n) is 4.45. The highest BCUT2D eigenvalue weighted by Gasteiger charge is 2.27. The molecule has 3 aromatic rings. The van der Waals surface area contributed by atoms with Crippen LogP contribution < -0.4 is 11.1 Å². The van der Waals surface area contributed by atoms with Gasteiger partial charge in [0.2, 0.25) is 0 Å². The predicted molar refractivity (Wildman–Crippen MR) is 97.0 cm³/mol. The zero-order valence-corrected chi connectivity index (χ0v) is 14.5. The Morgan fingerprint density at radius 3 is 2.81 bits per heavy atom. The molecule has 1 aromatic carbocycles. The van der Waals surface area contributed by atoms with Crippen molar-refractivity contribution in [1.29, 1.82) is 0 Å². The van der Waals surface area contributed by atoms with Crippen molar-refractivity contribution in [2.45, 2.75) is 19.4 Å². The number of hydrogen-bond acceptors (Lipinski definition) is 4. The van der Waals surface area contributed by atoms with Crippen LogP contribution in [0.3, 0.4) is 0 Å². The van der Waals surface area contributed by atoms with E-state index in [4.69, 9.17) is 5.73 Å². The largest absolute Gasteiger partial charge is 0.351 e. The molecule has 0 bridgehead atoms. The normalized spacial score (nSPS) is 12.3. The minimum Gasteiger partial charge on any atom is -0.351 e. The zero-order chi connectivity index (χ0) is 18.3. The Bertz CT molecular complexity index is 1010. The monoisotopic (exact) mass is 370 g/mol. The molecule has 0 fully saturated rings. The average molecular weight is 370 g/mol. The van der Waals surface area contributed by atoms with Gasteiger partial charge in [-0.3, -0.25) is 14.8 Å². The number of aromatic nitrogens is 2. The molecule has 2 amide bonds. The highest BCUT2D eigenvalue weighted by Crippen LogP contribution is 2.44. The molecule has 2 aromatic heterocycles. The number of anilines is 1. The first kappa shape index (κ1) is 16.5. The van der Waals surface area contributed by atoms with E-state index in [1.54, 1.807) is 18.3 Å². The van der Waals surface area contributed by atoms with Crippen molar-refractivity contribution in [2.75, 3.05) is 5.32 Å². The molecule has 0 aliphatic heterocycles. The number of primary amides is 1. The number of aldehydes is 1. The summed E-state index contributed by atoms with van der Waals surface area (Å²) in [6.45, 7) is 0.545. The molecule has 132 valence electrons. The van der Waals surface area contributed by atoms with Crippen LogP contribution in [-0.4, -0.2) is 22.1 Å². The summed E-state index contributed by atoms with van der Waals surface area (Å²) in [5.74, 6) is -0.268. The maximum absolute atomic E-state index is 13.1. The van der Waals surface area contributed by atoms with Gasteiger partial charge in [-0.25, -0.2) is 9.18 Å². The first-order valence-corrected chi connectivity index (χ1v) is 8.85. The summed E-state index contributed by atoms with van der Waals surface area (Å²) < 4.78 is 15.0. The Morgan fingerprint density at radius 2 is 2.12 bits per heavy atom. The maximum Gasteiger partial charge on any atom is 0.317 e. The molecule has 0 unspecified atom stereocenters. The number of nitrogens with zero attached hydrogens (tertiary/aromatic N) is 2. The quantitative estimate of drug-likeness (QED) is 0.691. The van der Waals surface area contributed by atoms with Crippen LogP contribution >= 0.6 is 11.3 Å². The van der Waals surface area contributed by atoms with E-state index in [0.29, 0.717) is 23.5 Å². The molecule has 1 aliphatic rings. The van der Waals surface area contributed by atoms with Crippen LogP contribution in [0.2, 0.25) is 0 Å². The number of fused-ring (bicyclic) bond motifs is 3. The maximum atomic E-state index is 13.1. The molecule has 1 aliphatic carbocycles. The molecule has 3 N–H and O–H groups in total. The summed E-state index contributed by atoms with van der Waals surface area (Å²) in [5, 5.41) is 7.47. The van der Waals surface area contributed by atoms with Gasteiger partial charge in [0.25, 0.3) is 0 Å². The second kappa shape index (κ2) is 6.38. The van der Waals surface area contributed by atoms with Gasteiger partial charge in [0.15, 0.2) is 6.29 Å². The van der Waals surface area contributed by atoms with E-state index in [1.165, 1.54) is 23.5 Å². The van der Waals surface area contributed by atoms with Crippen molar-refractivity contribution in [3.05, 3.63) is 58.7 Å². The molecular formula is C18H15FN4O2S. The van der Waals surface area contributed by atoms with Crippen LogP contribution in [0.1, 0.15) is 27.2 Å². The Kier molecular flexibility index (Phi) is 4.04. The van der Waals surface area contributed by atoms with E-state index in [-0.39, 0.29) is 5.82 Å². The third kappa shape index (κ3) is 2.78. The van der Waals surface area contributed by atoms with Crippen LogP contribution in [0, 0.1) is 5.82 Å². The van der Waals surface area contributed by atoms with E-state index in [2.05, 4.69) is 10.4 Å². The van der Waals surface area contributed by atoms with Gasteiger partial charge in [0, 0.05) is 16.1 Å². The summed E-state index contributed by atoms with van der Waals surface area (Å²) in [6.07, 6.45) is 3.95. The van der Waals surface area contributed by atoms with E-state index in [0.717, 1.165) is 40.0 Å². The Hall–Kier alpha value is -3.00. The summed E-state index contributed by atoms with van der Waals surface area (Å²) in [6, 6.07) is 5.64. The SMILES string of the molecule is NC(=O)Nc1sc2c(c1C=O)CCc1c-2cnn1Cc1ccc(F)cc1. The number of hydrogen-bond donors (Lipinski definition) is 2. The van der Waals surface area contributed by atoms with Crippen LogP contribution in [0.4, 0.5) is 14.2 Å². The van der Waals surface area contributed by atoms with Crippen LogP contribution in [0.25, 0.3) is 10.4 Å². The topological polar surface area (TPSA) is 90.0 Å². The Labute approximate surface area is 152 Å². The molecule has 26 heavy (non-hydrogen) atoms. The van der Waals surface area contributed by atoms with E-state index in [9.17, 15) is 14.0 Å². The van der Waals surface area contributed by atoms with Crippen molar-refractivity contribution in [1.82, 2.24) is 9.78 Å². The number of rotatable bonds is 4. The number of nitrogens with one attached hydrogen (secondary N) is 1. The van der Waals surface area contributed by atoms with E-state index < -0.39 is 6.03 Å². The molecule has 8 heteroatoms. The Morgan fingerprint density at radius 1 is 1.35 bits per heavy atom. The molecule has 0 spiro atoms. The van der Waals surface area contributed by atoms with Gasteiger partial charge < -0.3 is 5.73 Å². The fourth-order valence-electron chi connectivity index (χ4n) is 3.28. The molecule has 0 saturated carbocycles. The predicted octanol–water partition coefficient (Wildman–Crippen LogP) is 3.20. The fraction of sp³-hybridized carbons (Fsp3) is 0.167. The lowest BCUT2D eigenvalue weighted by atomic mass is 9.94. The molecule has 4 rings (SSSR count). The number of nitrogens with two attached hydrogens (primary N) is 1. The number of urea groups is 1. The summed E-state index contributed by atoms with van der Waals surface area (Å²) >= 11 is 1.33. The molecule has 6 nitrogen and oxygen atoms in total. The summed E-state index contributed by atoms with van der Waals surface area (Å²) in [7, 11) is 0. The highest BCUT2D eigenvalue weighted by molar-refractivity contribution is 7.20. The molecule has 2 heterocycles. The van der Waals surface area contributed by atoms with Gasteiger partial charge >= 0.3 is 6.03 Å². The summed E-state index contributed by atoms with van der Waals surface area (Å²) in [5.41, 5.74) is 9.58. The van der Waals surface area contributed by atoms with Crippen molar-refractivity contribution >= 4 is 28.7 Å². The lowest BCUT2D eigenvalue weighted by molar-refractivity contribution is 0.112. The second-order valence-electron chi connectivity index (χ2n) is 6.05. The summed E-state index contributed by atoms with van der Waals surface area (Å²) in [4.78, 5) is 23.6. The van der Waals surface area contributed by atoms with Gasteiger partial charge in [-0.05, 0) is 36.1 Å². The van der Waals surface area contributed by atoms with E-state index in [1.807, 2.05) is 4.68 Å². The van der Waals surface area contributed by atoms with Gasteiger partial charge in [0.05, 0.1) is 18.3 Å². The van der Waals surface area contributed by atoms with Crippen LogP contribution in [-0.2, 0) is 19.4 Å². The van der Waals surface area contributed by atoms with Crippen LogP contribution in [0.5, 0.6) is 0 Å². The van der Waals surface area contributed by atoms with Gasteiger partial charge in [0.1, 0.15) is 10.8 Å². The van der Waals surface area contributed by atoms with Crippen molar-refractivity contribution in [3.8, 4) is 10.4 Å². The van der Waals surface area contributed by atoms with Crippen molar-refractivity contribution in [3.63, 3.8) is 0 Å². The number of carbonyl (C=O) groups excluding carboxylic acids is 2. The van der Waals surface area contributed by atoms with Crippen LogP contribution in [0.15, 0.2) is 30.5 Å². The fourth-order valence-corrected chi connectivity index (χ4v) is 4.53. The minimum atomic E-state index is -0.695. The number of carbonyl (C=O) groups is 2. The lowest BCUT2D eigenvalue weighted by Crippen LogP contribution is -2.19. The minimum absolute atomic E-state index is 0.268. The first-order valence-electron chi connectivity index (χ1n) is 8.03. The number of benzene rings is 1. The molecule has 0 atom stereocenters. The number of amides is 2. The van der Waals surface area contributed by atoms with E-state index >= 15 is 0 Å². The molecule has 0 saturated heterocycles. The first-order chi connectivity index (χ1) is 12.6. The smallest absolute Gasteiger partial charge is 0.317 e. The van der Waals surface area contributed by atoms with Gasteiger partial charge in [-0.1, -0.05) is 12.1 Å². The Balaban J connectivity index is 1.72. The number of thiophene rings is 1.